The molecule has 4 nitrogen and oxygen atoms in total. The summed E-state index contributed by atoms with van der Waals surface area (Å²) in [5.74, 6) is 0.0515. The molecule has 1 unspecified atom stereocenters. The number of ketones is 1. The summed E-state index contributed by atoms with van der Waals surface area (Å²) in [5.41, 5.74) is 3.36. The maximum atomic E-state index is 12.1. The second kappa shape index (κ2) is 5.26. The Bertz CT molecular complexity index is 544. The van der Waals surface area contributed by atoms with E-state index in [2.05, 4.69) is 10.6 Å². The zero-order valence-corrected chi connectivity index (χ0v) is 11.4. The minimum atomic E-state index is -0.359. The van der Waals surface area contributed by atoms with E-state index in [1.54, 1.807) is 6.92 Å². The van der Waals surface area contributed by atoms with Gasteiger partial charge in [-0.25, -0.2) is 4.79 Å². The van der Waals surface area contributed by atoms with E-state index >= 15 is 0 Å². The summed E-state index contributed by atoms with van der Waals surface area (Å²) in [4.78, 5) is 23.7. The molecule has 4 heteroatoms. The molecule has 0 bridgehead atoms. The monoisotopic (exact) mass is 258 g/mol. The molecule has 2 amide bonds. The standard InChI is InChI=1S/C15H18N2O2/c1-4-12(18)13-10(3)16-15(19)17-14(13)11-7-5-9(2)6-8-11/h5-8,14H,4H2,1-3H3,(H2,16,17,19). The quantitative estimate of drug-likeness (QED) is 0.875. The first kappa shape index (κ1) is 13.3. The predicted molar refractivity (Wildman–Crippen MR) is 73.6 cm³/mol. The Morgan fingerprint density at radius 2 is 1.84 bits per heavy atom. The first-order valence-corrected chi connectivity index (χ1v) is 6.41. The highest BCUT2D eigenvalue weighted by molar-refractivity contribution is 5.99. The van der Waals surface area contributed by atoms with Crippen LogP contribution in [-0.4, -0.2) is 11.8 Å². The summed E-state index contributed by atoms with van der Waals surface area (Å²) < 4.78 is 0. The minimum absolute atomic E-state index is 0.0515. The van der Waals surface area contributed by atoms with Crippen molar-refractivity contribution in [3.05, 3.63) is 46.7 Å². The lowest BCUT2D eigenvalue weighted by atomic mass is 9.91. The highest BCUT2D eigenvalue weighted by Gasteiger charge is 2.29. The molecule has 2 N–H and O–H groups in total. The molecule has 1 atom stereocenters. The molecule has 0 saturated carbocycles. The van der Waals surface area contributed by atoms with Crippen molar-refractivity contribution < 1.29 is 9.59 Å². The molecule has 1 aromatic rings. The van der Waals surface area contributed by atoms with E-state index in [1.807, 2.05) is 38.1 Å². The lowest BCUT2D eigenvalue weighted by Crippen LogP contribution is -2.45. The van der Waals surface area contributed by atoms with Gasteiger partial charge in [-0.05, 0) is 19.4 Å². The van der Waals surface area contributed by atoms with Gasteiger partial charge in [0.15, 0.2) is 5.78 Å². The van der Waals surface area contributed by atoms with Crippen molar-refractivity contribution in [2.45, 2.75) is 33.2 Å². The maximum Gasteiger partial charge on any atom is 0.319 e. The van der Waals surface area contributed by atoms with Gasteiger partial charge in [-0.15, -0.1) is 0 Å². The number of Topliss-reactive ketones (excluding diaryl/α,β-unsaturated/α-hetero) is 1. The van der Waals surface area contributed by atoms with E-state index in [-0.39, 0.29) is 17.9 Å². The van der Waals surface area contributed by atoms with Crippen molar-refractivity contribution >= 4 is 11.8 Å². The van der Waals surface area contributed by atoms with E-state index in [0.29, 0.717) is 17.7 Å². The Balaban J connectivity index is 2.46. The van der Waals surface area contributed by atoms with Crippen molar-refractivity contribution in [3.63, 3.8) is 0 Å². The third-order valence-corrected chi connectivity index (χ3v) is 3.30. The second-order valence-corrected chi connectivity index (χ2v) is 4.76. The molecule has 1 aliphatic rings. The third kappa shape index (κ3) is 2.67. The fourth-order valence-corrected chi connectivity index (χ4v) is 2.26. The number of carbonyl (C=O) groups excluding carboxylic acids is 2. The van der Waals surface area contributed by atoms with Crippen LogP contribution >= 0.6 is 0 Å². The van der Waals surface area contributed by atoms with Gasteiger partial charge in [0.25, 0.3) is 0 Å². The molecule has 19 heavy (non-hydrogen) atoms. The number of allylic oxidation sites excluding steroid dienone is 1. The Morgan fingerprint density at radius 3 is 2.42 bits per heavy atom. The lowest BCUT2D eigenvalue weighted by molar-refractivity contribution is -0.115. The van der Waals surface area contributed by atoms with Crippen LogP contribution in [0.25, 0.3) is 0 Å². The predicted octanol–water partition coefficient (Wildman–Crippen LogP) is 2.60. The number of hydrogen-bond donors (Lipinski definition) is 2. The van der Waals surface area contributed by atoms with Gasteiger partial charge in [0.1, 0.15) is 0 Å². The molecule has 100 valence electrons. The first-order chi connectivity index (χ1) is 9.02. The van der Waals surface area contributed by atoms with Crippen molar-refractivity contribution in [2.75, 3.05) is 0 Å². The zero-order valence-electron chi connectivity index (χ0n) is 11.4. The largest absolute Gasteiger partial charge is 0.327 e. The molecular formula is C15H18N2O2. The van der Waals surface area contributed by atoms with Crippen molar-refractivity contribution in [1.82, 2.24) is 10.6 Å². The van der Waals surface area contributed by atoms with Crippen LogP contribution in [0.4, 0.5) is 4.79 Å². The van der Waals surface area contributed by atoms with Crippen molar-refractivity contribution in [3.8, 4) is 0 Å². The number of aryl methyl sites for hydroxylation is 1. The van der Waals surface area contributed by atoms with Crippen LogP contribution in [-0.2, 0) is 4.79 Å². The van der Waals surface area contributed by atoms with E-state index in [0.717, 1.165) is 11.1 Å². The molecule has 0 fully saturated rings. The second-order valence-electron chi connectivity index (χ2n) is 4.76. The van der Waals surface area contributed by atoms with Crippen molar-refractivity contribution in [2.24, 2.45) is 0 Å². The van der Waals surface area contributed by atoms with Crippen LogP contribution in [0, 0.1) is 6.92 Å². The number of carbonyl (C=O) groups is 2. The van der Waals surface area contributed by atoms with Crippen LogP contribution in [0.2, 0.25) is 0 Å². The van der Waals surface area contributed by atoms with Gasteiger partial charge in [0.2, 0.25) is 0 Å². The van der Waals surface area contributed by atoms with Gasteiger partial charge in [0, 0.05) is 17.7 Å². The molecule has 0 aromatic heterocycles. The lowest BCUT2D eigenvalue weighted by Gasteiger charge is -2.28. The number of hydrogen-bond acceptors (Lipinski definition) is 2. The fraction of sp³-hybridized carbons (Fsp3) is 0.333. The summed E-state index contributed by atoms with van der Waals surface area (Å²) in [6.07, 6.45) is 0.423. The highest BCUT2D eigenvalue weighted by Crippen LogP contribution is 2.28. The number of amides is 2. The number of benzene rings is 1. The maximum absolute atomic E-state index is 12.1. The van der Waals surface area contributed by atoms with Crippen LogP contribution in [0.5, 0.6) is 0 Å². The Kier molecular flexibility index (Phi) is 3.69. The summed E-state index contributed by atoms with van der Waals surface area (Å²) in [6, 6.07) is 7.22. The third-order valence-electron chi connectivity index (χ3n) is 3.30. The molecule has 1 aliphatic heterocycles. The van der Waals surface area contributed by atoms with Gasteiger partial charge in [-0.3, -0.25) is 4.79 Å². The SMILES string of the molecule is CCC(=O)C1=C(C)NC(=O)NC1c1ccc(C)cc1. The summed E-state index contributed by atoms with van der Waals surface area (Å²) in [7, 11) is 0. The zero-order chi connectivity index (χ0) is 14.0. The molecule has 1 heterocycles. The van der Waals surface area contributed by atoms with E-state index in [1.165, 1.54) is 0 Å². The number of nitrogens with one attached hydrogen (secondary N) is 2. The molecule has 1 aromatic carbocycles. The van der Waals surface area contributed by atoms with Gasteiger partial charge < -0.3 is 10.6 Å². The Labute approximate surface area is 112 Å². The Hall–Kier alpha value is -2.10. The fourth-order valence-electron chi connectivity index (χ4n) is 2.26. The molecule has 2 rings (SSSR count). The first-order valence-electron chi connectivity index (χ1n) is 6.41. The summed E-state index contributed by atoms with van der Waals surface area (Å²) >= 11 is 0. The van der Waals surface area contributed by atoms with Crippen LogP contribution < -0.4 is 10.6 Å². The van der Waals surface area contributed by atoms with Gasteiger partial charge in [-0.2, -0.15) is 0 Å². The molecule has 0 spiro atoms. The van der Waals surface area contributed by atoms with Crippen molar-refractivity contribution in [1.29, 1.82) is 0 Å². The summed E-state index contributed by atoms with van der Waals surface area (Å²) in [6.45, 7) is 5.60. The van der Waals surface area contributed by atoms with Crippen LogP contribution in [0.15, 0.2) is 35.5 Å². The van der Waals surface area contributed by atoms with Gasteiger partial charge in [0.05, 0.1) is 6.04 Å². The summed E-state index contributed by atoms with van der Waals surface area (Å²) in [5, 5.41) is 5.48. The molecule has 0 radical (unpaired) electrons. The average molecular weight is 258 g/mol. The molecular weight excluding hydrogens is 240 g/mol. The van der Waals surface area contributed by atoms with Crippen LogP contribution in [0.3, 0.4) is 0 Å². The van der Waals surface area contributed by atoms with Gasteiger partial charge >= 0.3 is 6.03 Å². The average Bonchev–Trinajstić information content (AvgIpc) is 2.38. The number of urea groups is 1. The molecule has 0 aliphatic carbocycles. The minimum Gasteiger partial charge on any atom is -0.327 e. The van der Waals surface area contributed by atoms with E-state index in [4.69, 9.17) is 0 Å². The Morgan fingerprint density at radius 1 is 1.21 bits per heavy atom. The molecule has 0 saturated heterocycles. The van der Waals surface area contributed by atoms with E-state index in [9.17, 15) is 9.59 Å². The van der Waals surface area contributed by atoms with Gasteiger partial charge in [-0.1, -0.05) is 36.8 Å². The van der Waals surface area contributed by atoms with E-state index < -0.39 is 0 Å². The normalized spacial score (nSPS) is 18.9. The number of rotatable bonds is 3. The topological polar surface area (TPSA) is 58.2 Å². The highest BCUT2D eigenvalue weighted by atomic mass is 16.2. The smallest absolute Gasteiger partial charge is 0.319 e. The van der Waals surface area contributed by atoms with Crippen LogP contribution in [0.1, 0.15) is 37.4 Å².